The Morgan fingerprint density at radius 3 is 2.24 bits per heavy atom. The number of esters is 1. The number of fused-ring (bicyclic) bond motifs is 7. The maximum atomic E-state index is 11.8. The van der Waals surface area contributed by atoms with E-state index < -0.39 is 115 Å². The van der Waals surface area contributed by atoms with Crippen molar-refractivity contribution in [2.75, 3.05) is 19.8 Å². The molecule has 0 unspecified atom stereocenters. The molecular weight excluding hydrogens is 828 g/mol. The first-order chi connectivity index (χ1) is 29.8. The molecule has 0 aromatic heterocycles. The number of hydrogen-bond acceptors (Lipinski definition) is 18. The standard InChI is InChI=1S/C45H68O18/c1-18-11-30(50)45(57-15-18)19(2)32-29(63-45)14-26-24-8-7-22-12-23(47)13-31(44(22,6)25(24)9-10-43(26,32)5)60-42-39(62-41-36(54)34(52)37(20(3)58-41)59-21(4)46)38(28(49)17-56-42)61-40-35(53)33(51)27(48)16-55-40/h7,19-20,23-42,47-54H,1,8-17H2,2-6H3/t19-,20-,23+,24+,25-,26-,27+,28-,29-,30-,31+,32-,33-,34-,35+,36+,37-,38-,39+,40-,41-,42-,43-,44-,45-/m0/s1. The molecule has 9 rings (SSSR count). The zero-order chi connectivity index (χ0) is 45.1. The molecule has 0 bridgehead atoms. The lowest BCUT2D eigenvalue weighted by molar-refractivity contribution is -0.382. The van der Waals surface area contributed by atoms with Crippen molar-refractivity contribution < 1.29 is 88.3 Å². The number of hydrogen-bond donors (Lipinski definition) is 8. The van der Waals surface area contributed by atoms with Crippen molar-refractivity contribution in [2.24, 2.45) is 40.4 Å². The normalized spacial score (nSPS) is 55.6. The Hall–Kier alpha value is -1.69. The van der Waals surface area contributed by atoms with Gasteiger partial charge in [0, 0.05) is 31.1 Å². The summed E-state index contributed by atoms with van der Waals surface area (Å²) in [4.78, 5) is 11.8. The first kappa shape index (κ1) is 46.4. The van der Waals surface area contributed by atoms with E-state index in [1.807, 2.05) is 0 Å². The quantitative estimate of drug-likeness (QED) is 0.123. The Morgan fingerprint density at radius 2 is 1.51 bits per heavy atom. The van der Waals surface area contributed by atoms with Crippen LogP contribution in [0.2, 0.25) is 0 Å². The van der Waals surface area contributed by atoms with E-state index in [1.54, 1.807) is 0 Å². The van der Waals surface area contributed by atoms with E-state index in [0.717, 1.165) is 36.8 Å². The molecule has 5 aliphatic heterocycles. The molecule has 4 aliphatic carbocycles. The van der Waals surface area contributed by atoms with Gasteiger partial charge in [-0.15, -0.1) is 0 Å². The van der Waals surface area contributed by atoms with Gasteiger partial charge in [-0.2, -0.15) is 0 Å². The Bertz CT molecular complexity index is 1750. The Morgan fingerprint density at radius 1 is 0.810 bits per heavy atom. The van der Waals surface area contributed by atoms with Crippen LogP contribution in [0, 0.1) is 40.4 Å². The van der Waals surface area contributed by atoms with E-state index in [2.05, 4.69) is 33.4 Å². The van der Waals surface area contributed by atoms with Crippen LogP contribution in [0.4, 0.5) is 0 Å². The third kappa shape index (κ3) is 7.60. The van der Waals surface area contributed by atoms with Crippen molar-refractivity contribution in [3.8, 4) is 0 Å². The van der Waals surface area contributed by atoms with Crippen LogP contribution in [-0.2, 0) is 47.4 Å². The number of rotatable bonds is 7. The van der Waals surface area contributed by atoms with Gasteiger partial charge in [-0.25, -0.2) is 0 Å². The van der Waals surface area contributed by atoms with Crippen molar-refractivity contribution in [2.45, 2.75) is 190 Å². The molecule has 1 spiro atoms. The zero-order valence-electron chi connectivity index (χ0n) is 36.7. The minimum absolute atomic E-state index is 0.0361. The van der Waals surface area contributed by atoms with Crippen LogP contribution >= 0.6 is 0 Å². The van der Waals surface area contributed by atoms with Crippen LogP contribution in [0.15, 0.2) is 23.8 Å². The minimum atomic E-state index is -1.77. The largest absolute Gasteiger partial charge is 0.457 e. The lowest BCUT2D eigenvalue weighted by atomic mass is 9.46. The second-order valence-corrected chi connectivity index (χ2v) is 20.6. The average Bonchev–Trinajstić information content (AvgIpc) is 3.69. The maximum absolute atomic E-state index is 11.8. The molecule has 0 aromatic rings. The van der Waals surface area contributed by atoms with Gasteiger partial charge in [0.05, 0.1) is 44.2 Å². The highest BCUT2D eigenvalue weighted by Crippen LogP contribution is 2.71. The van der Waals surface area contributed by atoms with Crippen LogP contribution in [0.25, 0.3) is 0 Å². The van der Waals surface area contributed by atoms with Crippen LogP contribution < -0.4 is 0 Å². The van der Waals surface area contributed by atoms with Crippen LogP contribution in [-0.4, -0.2) is 177 Å². The predicted octanol–water partition coefficient (Wildman–Crippen LogP) is -0.0752. The SMILES string of the molecule is C=C1CO[C@@]2(O[C@H]3C[C@H]4[C@@H]5CC=C6C[C@@H](O)C[C@@H](O[C@@H]7OC[C@H](O)[C@H](O[C@@H]8OC[C@@H](O)[C@H](O)[C@H]8O)[C@H]7O[C@@H]7O[C@@H](C)[C@H](OC(C)=O)[C@@H](O)[C@H]7O)[C@]6(C)[C@H]5CC[C@]4(C)[C@H]3[C@@H]2C)[C@@H](O)C1. The molecule has 18 nitrogen and oxygen atoms in total. The highest BCUT2D eigenvalue weighted by molar-refractivity contribution is 5.66. The predicted molar refractivity (Wildman–Crippen MR) is 214 cm³/mol. The van der Waals surface area contributed by atoms with Crippen LogP contribution in [0.5, 0.6) is 0 Å². The molecule has 9 aliphatic rings. The fourth-order valence-corrected chi connectivity index (χ4v) is 13.9. The Kier molecular flexibility index (Phi) is 12.6. The number of carbonyl (C=O) groups excluding carboxylic acids is 1. The Labute approximate surface area is 367 Å². The first-order valence-corrected chi connectivity index (χ1v) is 22.9. The third-order valence-electron chi connectivity index (χ3n) is 17.0. The summed E-state index contributed by atoms with van der Waals surface area (Å²) in [7, 11) is 0. The molecule has 8 N–H and O–H groups in total. The molecule has 0 aromatic carbocycles. The molecule has 5 heterocycles. The van der Waals surface area contributed by atoms with Crippen molar-refractivity contribution in [1.82, 2.24) is 0 Å². The van der Waals surface area contributed by atoms with E-state index >= 15 is 0 Å². The number of aliphatic hydroxyl groups is 8. The summed E-state index contributed by atoms with van der Waals surface area (Å²) in [5, 5.41) is 88.1. The molecule has 0 radical (unpaired) electrons. The van der Waals surface area contributed by atoms with Crippen molar-refractivity contribution >= 4 is 5.97 Å². The van der Waals surface area contributed by atoms with Crippen molar-refractivity contribution in [3.05, 3.63) is 23.8 Å². The molecule has 5 saturated heterocycles. The highest BCUT2D eigenvalue weighted by Gasteiger charge is 2.71. The van der Waals surface area contributed by atoms with Crippen LogP contribution in [0.1, 0.15) is 79.6 Å². The van der Waals surface area contributed by atoms with Gasteiger partial charge in [0.1, 0.15) is 54.9 Å². The summed E-state index contributed by atoms with van der Waals surface area (Å²) in [6.07, 6.45) is -14.5. The fourth-order valence-electron chi connectivity index (χ4n) is 13.9. The minimum Gasteiger partial charge on any atom is -0.457 e. The number of aliphatic hydroxyl groups excluding tert-OH is 8. The molecule has 63 heavy (non-hydrogen) atoms. The molecule has 8 fully saturated rings. The highest BCUT2D eigenvalue weighted by atomic mass is 16.8. The Balaban J connectivity index is 0.995. The van der Waals surface area contributed by atoms with Gasteiger partial charge in [0.25, 0.3) is 0 Å². The smallest absolute Gasteiger partial charge is 0.303 e. The van der Waals surface area contributed by atoms with Gasteiger partial charge in [0.2, 0.25) is 0 Å². The summed E-state index contributed by atoms with van der Waals surface area (Å²) in [6, 6.07) is 0. The van der Waals surface area contributed by atoms with Gasteiger partial charge in [0.15, 0.2) is 30.8 Å². The van der Waals surface area contributed by atoms with Gasteiger partial charge < -0.3 is 83.5 Å². The van der Waals surface area contributed by atoms with Crippen molar-refractivity contribution in [3.63, 3.8) is 0 Å². The topological polar surface area (TPSA) is 262 Å². The van der Waals surface area contributed by atoms with E-state index in [9.17, 15) is 45.6 Å². The third-order valence-corrected chi connectivity index (χ3v) is 17.0. The van der Waals surface area contributed by atoms with E-state index in [1.165, 1.54) is 13.8 Å². The van der Waals surface area contributed by atoms with Gasteiger partial charge in [-0.3, -0.25) is 4.79 Å². The summed E-state index contributed by atoms with van der Waals surface area (Å²) >= 11 is 0. The lowest BCUT2D eigenvalue weighted by Gasteiger charge is -2.60. The first-order valence-electron chi connectivity index (χ1n) is 22.9. The van der Waals surface area contributed by atoms with Gasteiger partial charge in [-0.1, -0.05) is 39.0 Å². The van der Waals surface area contributed by atoms with E-state index in [-0.39, 0.29) is 54.8 Å². The summed E-state index contributed by atoms with van der Waals surface area (Å²) in [5.74, 6) is -0.931. The summed E-state index contributed by atoms with van der Waals surface area (Å²) < 4.78 is 55.7. The number of allylic oxidation sites excluding steroid dienone is 1. The number of carbonyl (C=O) groups is 1. The lowest BCUT2D eigenvalue weighted by Crippen LogP contribution is -2.65. The monoisotopic (exact) mass is 896 g/mol. The van der Waals surface area contributed by atoms with Gasteiger partial charge in [-0.05, 0) is 73.7 Å². The van der Waals surface area contributed by atoms with Crippen LogP contribution in [0.3, 0.4) is 0 Å². The fraction of sp³-hybridized carbons (Fsp3) is 0.889. The van der Waals surface area contributed by atoms with E-state index in [4.69, 9.17) is 42.6 Å². The van der Waals surface area contributed by atoms with Crippen molar-refractivity contribution in [1.29, 1.82) is 0 Å². The molecule has 25 atom stereocenters. The molecular formula is C45H68O18. The second-order valence-electron chi connectivity index (χ2n) is 20.6. The summed E-state index contributed by atoms with van der Waals surface area (Å²) in [6.45, 7) is 13.1. The van der Waals surface area contributed by atoms with Gasteiger partial charge >= 0.3 is 5.97 Å². The van der Waals surface area contributed by atoms with E-state index in [0.29, 0.717) is 25.4 Å². The second kappa shape index (κ2) is 17.1. The number of ether oxygens (including phenoxy) is 9. The molecule has 3 saturated carbocycles. The molecule has 18 heteroatoms. The summed E-state index contributed by atoms with van der Waals surface area (Å²) in [5.41, 5.74) is 1.26. The zero-order valence-corrected chi connectivity index (χ0v) is 36.7. The maximum Gasteiger partial charge on any atom is 0.303 e. The molecule has 356 valence electrons. The molecule has 0 amide bonds. The average molecular weight is 897 g/mol.